The fourth-order valence-corrected chi connectivity index (χ4v) is 2.52. The number of para-hydroxylation sites is 1. The number of amides is 1. The van der Waals surface area contributed by atoms with Crippen LogP contribution in [0.1, 0.15) is 37.3 Å². The van der Waals surface area contributed by atoms with Crippen LogP contribution in [0.5, 0.6) is 11.5 Å². The van der Waals surface area contributed by atoms with Crippen LogP contribution in [0.25, 0.3) is 6.08 Å². The van der Waals surface area contributed by atoms with Crippen molar-refractivity contribution in [2.75, 3.05) is 19.5 Å². The highest BCUT2D eigenvalue weighted by atomic mass is 16.5. The van der Waals surface area contributed by atoms with Gasteiger partial charge in [-0.1, -0.05) is 38.1 Å². The van der Waals surface area contributed by atoms with Crippen LogP contribution in [0.2, 0.25) is 0 Å². The van der Waals surface area contributed by atoms with Crippen LogP contribution in [0, 0.1) is 0 Å². The van der Waals surface area contributed by atoms with E-state index in [4.69, 9.17) is 9.47 Å². The SMILES string of the molecule is CC[C@@H](C)c1ccc(NC(=O)/C=C/c2cccc(OC)c2OC)cc1. The summed E-state index contributed by atoms with van der Waals surface area (Å²) in [4.78, 5) is 12.1. The number of carbonyl (C=O) groups is 1. The molecule has 0 saturated carbocycles. The molecule has 0 radical (unpaired) electrons. The molecule has 0 aliphatic carbocycles. The average Bonchev–Trinajstić information content (AvgIpc) is 2.65. The van der Waals surface area contributed by atoms with Crippen molar-refractivity contribution >= 4 is 17.7 Å². The lowest BCUT2D eigenvalue weighted by molar-refractivity contribution is -0.111. The first-order valence-electron chi connectivity index (χ1n) is 8.39. The Morgan fingerprint density at radius 3 is 2.44 bits per heavy atom. The third-order valence-electron chi connectivity index (χ3n) is 4.21. The van der Waals surface area contributed by atoms with E-state index in [-0.39, 0.29) is 5.91 Å². The molecule has 0 bridgehead atoms. The molecule has 2 aromatic rings. The molecule has 2 rings (SSSR count). The number of benzene rings is 2. The summed E-state index contributed by atoms with van der Waals surface area (Å²) in [6.45, 7) is 4.36. The van der Waals surface area contributed by atoms with Crippen LogP contribution in [0.4, 0.5) is 5.69 Å². The van der Waals surface area contributed by atoms with Gasteiger partial charge in [0.1, 0.15) is 0 Å². The van der Waals surface area contributed by atoms with Crippen LogP contribution in [-0.2, 0) is 4.79 Å². The molecule has 0 saturated heterocycles. The lowest BCUT2D eigenvalue weighted by atomic mass is 9.99. The maximum Gasteiger partial charge on any atom is 0.248 e. The van der Waals surface area contributed by atoms with Crippen molar-refractivity contribution in [2.24, 2.45) is 0 Å². The standard InChI is InChI=1S/C21H25NO3/c1-5-15(2)16-9-12-18(13-10-16)22-20(23)14-11-17-7-6-8-19(24-3)21(17)25-4/h6-15H,5H2,1-4H3,(H,22,23)/b14-11+/t15-/m1/s1. The number of ether oxygens (including phenoxy) is 2. The normalized spacial score (nSPS) is 12.0. The number of rotatable bonds is 7. The third-order valence-corrected chi connectivity index (χ3v) is 4.21. The maximum absolute atomic E-state index is 12.1. The molecular weight excluding hydrogens is 314 g/mol. The van der Waals surface area contributed by atoms with Gasteiger partial charge >= 0.3 is 0 Å². The molecule has 1 atom stereocenters. The van der Waals surface area contributed by atoms with E-state index in [9.17, 15) is 4.79 Å². The van der Waals surface area contributed by atoms with Gasteiger partial charge in [-0.15, -0.1) is 0 Å². The fraction of sp³-hybridized carbons (Fsp3) is 0.286. The first-order valence-corrected chi connectivity index (χ1v) is 8.39. The van der Waals surface area contributed by atoms with Crippen LogP contribution < -0.4 is 14.8 Å². The Balaban J connectivity index is 2.06. The molecule has 0 aliphatic heterocycles. The van der Waals surface area contributed by atoms with Gasteiger partial charge in [0.05, 0.1) is 14.2 Å². The van der Waals surface area contributed by atoms with Gasteiger partial charge in [-0.25, -0.2) is 0 Å². The van der Waals surface area contributed by atoms with Crippen molar-refractivity contribution in [3.8, 4) is 11.5 Å². The van der Waals surface area contributed by atoms with E-state index in [2.05, 4.69) is 31.3 Å². The fourth-order valence-electron chi connectivity index (χ4n) is 2.52. The van der Waals surface area contributed by atoms with Crippen molar-refractivity contribution in [3.63, 3.8) is 0 Å². The van der Waals surface area contributed by atoms with Crippen LogP contribution in [-0.4, -0.2) is 20.1 Å². The highest BCUT2D eigenvalue weighted by Gasteiger charge is 2.07. The monoisotopic (exact) mass is 339 g/mol. The summed E-state index contributed by atoms with van der Waals surface area (Å²) in [5.74, 6) is 1.56. The molecule has 1 N–H and O–H groups in total. The zero-order valence-corrected chi connectivity index (χ0v) is 15.2. The average molecular weight is 339 g/mol. The predicted molar refractivity (Wildman–Crippen MR) is 102 cm³/mol. The number of nitrogens with one attached hydrogen (secondary N) is 1. The highest BCUT2D eigenvalue weighted by Crippen LogP contribution is 2.31. The molecule has 25 heavy (non-hydrogen) atoms. The quantitative estimate of drug-likeness (QED) is 0.732. The topological polar surface area (TPSA) is 47.6 Å². The second kappa shape index (κ2) is 8.92. The minimum Gasteiger partial charge on any atom is -0.493 e. The predicted octanol–water partition coefficient (Wildman–Crippen LogP) is 4.87. The first kappa shape index (κ1) is 18.6. The summed E-state index contributed by atoms with van der Waals surface area (Å²) in [7, 11) is 3.16. The molecular formula is C21H25NO3. The number of hydrogen-bond donors (Lipinski definition) is 1. The largest absolute Gasteiger partial charge is 0.493 e. The number of anilines is 1. The van der Waals surface area contributed by atoms with Gasteiger partial charge in [0.15, 0.2) is 11.5 Å². The molecule has 4 nitrogen and oxygen atoms in total. The number of methoxy groups -OCH3 is 2. The molecule has 2 aromatic carbocycles. The van der Waals surface area contributed by atoms with Gasteiger partial charge in [0.2, 0.25) is 5.91 Å². The van der Waals surface area contributed by atoms with Crippen molar-refractivity contribution in [2.45, 2.75) is 26.2 Å². The van der Waals surface area contributed by atoms with Crippen molar-refractivity contribution in [3.05, 3.63) is 59.7 Å². The Bertz CT molecular complexity index is 735. The molecule has 0 aromatic heterocycles. The molecule has 0 fully saturated rings. The van der Waals surface area contributed by atoms with Gasteiger partial charge in [0, 0.05) is 17.3 Å². The van der Waals surface area contributed by atoms with E-state index in [1.54, 1.807) is 20.3 Å². The van der Waals surface area contributed by atoms with Gasteiger partial charge in [-0.2, -0.15) is 0 Å². The van der Waals surface area contributed by atoms with Crippen LogP contribution in [0.3, 0.4) is 0 Å². The Hall–Kier alpha value is -2.75. The van der Waals surface area contributed by atoms with E-state index in [1.165, 1.54) is 11.6 Å². The summed E-state index contributed by atoms with van der Waals surface area (Å²) in [5.41, 5.74) is 2.83. The van der Waals surface area contributed by atoms with E-state index < -0.39 is 0 Å². The Morgan fingerprint density at radius 1 is 1.12 bits per heavy atom. The summed E-state index contributed by atoms with van der Waals surface area (Å²) in [5, 5.41) is 2.86. The van der Waals surface area contributed by atoms with E-state index in [0.29, 0.717) is 17.4 Å². The van der Waals surface area contributed by atoms with E-state index in [1.807, 2.05) is 30.3 Å². The smallest absolute Gasteiger partial charge is 0.248 e. The Kier molecular flexibility index (Phi) is 6.63. The molecule has 0 unspecified atom stereocenters. The molecule has 0 aliphatic rings. The van der Waals surface area contributed by atoms with Crippen LogP contribution in [0.15, 0.2) is 48.5 Å². The van der Waals surface area contributed by atoms with Gasteiger partial charge in [-0.05, 0) is 42.2 Å². The maximum atomic E-state index is 12.1. The minimum absolute atomic E-state index is 0.193. The number of hydrogen-bond acceptors (Lipinski definition) is 3. The summed E-state index contributed by atoms with van der Waals surface area (Å²) in [6, 6.07) is 13.5. The Morgan fingerprint density at radius 2 is 1.84 bits per heavy atom. The Labute approximate surface area is 149 Å². The summed E-state index contributed by atoms with van der Waals surface area (Å²) < 4.78 is 10.6. The van der Waals surface area contributed by atoms with E-state index >= 15 is 0 Å². The van der Waals surface area contributed by atoms with Gasteiger partial charge in [-0.3, -0.25) is 4.79 Å². The lowest BCUT2D eigenvalue weighted by Gasteiger charge is -2.10. The zero-order valence-electron chi connectivity index (χ0n) is 15.2. The third kappa shape index (κ3) is 4.86. The molecule has 4 heteroatoms. The molecule has 132 valence electrons. The van der Waals surface area contributed by atoms with Crippen molar-refractivity contribution in [1.29, 1.82) is 0 Å². The van der Waals surface area contributed by atoms with Gasteiger partial charge < -0.3 is 14.8 Å². The molecule has 0 spiro atoms. The summed E-state index contributed by atoms with van der Waals surface area (Å²) in [6.07, 6.45) is 4.29. The summed E-state index contributed by atoms with van der Waals surface area (Å²) >= 11 is 0. The lowest BCUT2D eigenvalue weighted by Crippen LogP contribution is -2.07. The minimum atomic E-state index is -0.193. The van der Waals surface area contributed by atoms with E-state index in [0.717, 1.165) is 17.7 Å². The molecule has 1 amide bonds. The highest BCUT2D eigenvalue weighted by molar-refractivity contribution is 6.02. The first-order chi connectivity index (χ1) is 12.1. The van der Waals surface area contributed by atoms with Crippen molar-refractivity contribution < 1.29 is 14.3 Å². The second-order valence-electron chi connectivity index (χ2n) is 5.84. The second-order valence-corrected chi connectivity index (χ2v) is 5.84. The van der Waals surface area contributed by atoms with Gasteiger partial charge in [0.25, 0.3) is 0 Å². The van der Waals surface area contributed by atoms with Crippen LogP contribution >= 0.6 is 0 Å². The zero-order chi connectivity index (χ0) is 18.2. The molecule has 0 heterocycles. The number of carbonyl (C=O) groups excluding carboxylic acids is 1. The van der Waals surface area contributed by atoms with Crippen molar-refractivity contribution in [1.82, 2.24) is 0 Å².